The van der Waals surface area contributed by atoms with Crippen LogP contribution in [0.15, 0.2) is 17.3 Å². The first kappa shape index (κ1) is 9.17. The highest BCUT2D eigenvalue weighted by molar-refractivity contribution is 5.74. The van der Waals surface area contributed by atoms with E-state index in [4.69, 9.17) is 10.5 Å². The van der Waals surface area contributed by atoms with Gasteiger partial charge in [0, 0.05) is 0 Å². The molecule has 0 saturated carbocycles. The third kappa shape index (κ3) is 5.31. The summed E-state index contributed by atoms with van der Waals surface area (Å²) in [6.07, 6.45) is 1.35. The van der Waals surface area contributed by atoms with Crippen molar-refractivity contribution >= 4 is 6.21 Å². The van der Waals surface area contributed by atoms with Gasteiger partial charge in [0.2, 0.25) is 0 Å². The van der Waals surface area contributed by atoms with Crippen LogP contribution in [-0.4, -0.2) is 19.0 Å². The average molecular weight is 142 g/mol. The number of nitrogens with two attached hydrogens (primary N) is 1. The molecule has 0 aliphatic heterocycles. The molecule has 58 valence electrons. The summed E-state index contributed by atoms with van der Waals surface area (Å²) in [6.45, 7) is 7.89. The van der Waals surface area contributed by atoms with E-state index < -0.39 is 0 Å². The summed E-state index contributed by atoms with van der Waals surface area (Å²) in [5, 5.41) is 0. The van der Waals surface area contributed by atoms with E-state index in [1.54, 1.807) is 6.92 Å². The van der Waals surface area contributed by atoms with Crippen LogP contribution in [0.5, 0.6) is 0 Å². The second kappa shape index (κ2) is 4.99. The van der Waals surface area contributed by atoms with Gasteiger partial charge in [0.15, 0.2) is 0 Å². The largest absolute Gasteiger partial charge is 0.493 e. The van der Waals surface area contributed by atoms with Crippen molar-refractivity contribution in [2.24, 2.45) is 10.7 Å². The molecule has 1 unspecified atom stereocenters. The molecule has 0 aromatic heterocycles. The summed E-state index contributed by atoms with van der Waals surface area (Å²) in [5.74, 6) is 0.555. The molecule has 2 N–H and O–H groups in total. The molecule has 0 heterocycles. The van der Waals surface area contributed by atoms with Gasteiger partial charge in [-0.05, 0) is 13.8 Å². The Morgan fingerprint density at radius 3 is 2.90 bits per heavy atom. The first-order chi connectivity index (χ1) is 4.66. The van der Waals surface area contributed by atoms with E-state index in [2.05, 4.69) is 11.6 Å². The molecular formula is C7H14N2O. The molecule has 0 bridgehead atoms. The van der Waals surface area contributed by atoms with Crippen LogP contribution < -0.4 is 5.73 Å². The van der Waals surface area contributed by atoms with E-state index in [0.29, 0.717) is 12.4 Å². The quantitative estimate of drug-likeness (QED) is 0.468. The lowest BCUT2D eigenvalue weighted by Crippen LogP contribution is -2.11. The number of nitrogens with zero attached hydrogens (tertiary/aromatic N) is 1. The highest BCUT2D eigenvalue weighted by Gasteiger charge is 1.87. The van der Waals surface area contributed by atoms with Crippen molar-refractivity contribution in [3.8, 4) is 0 Å². The molecule has 3 nitrogen and oxygen atoms in total. The van der Waals surface area contributed by atoms with Crippen LogP contribution in [0.1, 0.15) is 13.8 Å². The van der Waals surface area contributed by atoms with Crippen LogP contribution in [0.25, 0.3) is 0 Å². The van der Waals surface area contributed by atoms with Crippen LogP contribution in [0.3, 0.4) is 0 Å². The van der Waals surface area contributed by atoms with E-state index in [1.165, 1.54) is 6.21 Å². The van der Waals surface area contributed by atoms with Crippen LogP contribution in [0.4, 0.5) is 0 Å². The molecular weight excluding hydrogens is 128 g/mol. The Kier molecular flexibility index (Phi) is 4.58. The maximum absolute atomic E-state index is 5.34. The highest BCUT2D eigenvalue weighted by atomic mass is 16.5. The average Bonchev–Trinajstić information content (AvgIpc) is 1.85. The molecule has 1 atom stereocenters. The van der Waals surface area contributed by atoms with Crippen LogP contribution in [-0.2, 0) is 4.74 Å². The Bertz CT molecular complexity index is 130. The Morgan fingerprint density at radius 1 is 1.90 bits per heavy atom. The van der Waals surface area contributed by atoms with Crippen molar-refractivity contribution in [1.29, 1.82) is 0 Å². The summed E-state index contributed by atoms with van der Waals surface area (Å²) in [5.41, 5.74) is 5.34. The monoisotopic (exact) mass is 142 g/mol. The van der Waals surface area contributed by atoms with Crippen molar-refractivity contribution in [3.63, 3.8) is 0 Å². The van der Waals surface area contributed by atoms with Crippen molar-refractivity contribution in [2.75, 3.05) is 6.61 Å². The molecule has 0 saturated heterocycles. The second-order valence-corrected chi connectivity index (χ2v) is 1.92. The van der Waals surface area contributed by atoms with Crippen molar-refractivity contribution in [3.05, 3.63) is 12.3 Å². The molecule has 0 fully saturated rings. The lowest BCUT2D eigenvalue weighted by Gasteiger charge is -2.00. The zero-order valence-electron chi connectivity index (χ0n) is 6.50. The predicted molar refractivity (Wildman–Crippen MR) is 42.9 cm³/mol. The molecule has 10 heavy (non-hydrogen) atoms. The van der Waals surface area contributed by atoms with Gasteiger partial charge < -0.3 is 10.5 Å². The number of rotatable bonds is 4. The molecule has 0 rings (SSSR count). The molecule has 0 radical (unpaired) electrons. The highest BCUT2D eigenvalue weighted by Crippen LogP contribution is 1.88. The lowest BCUT2D eigenvalue weighted by molar-refractivity contribution is 0.252. The maximum atomic E-state index is 5.34. The van der Waals surface area contributed by atoms with Gasteiger partial charge in [-0.2, -0.15) is 0 Å². The smallest absolute Gasteiger partial charge is 0.129 e. The molecule has 0 aliphatic carbocycles. The Labute approximate surface area is 61.6 Å². The van der Waals surface area contributed by atoms with Gasteiger partial charge in [-0.1, -0.05) is 6.58 Å². The Balaban J connectivity index is 3.56. The van der Waals surface area contributed by atoms with E-state index in [-0.39, 0.29) is 6.17 Å². The van der Waals surface area contributed by atoms with Gasteiger partial charge in [0.25, 0.3) is 0 Å². The fourth-order valence-electron chi connectivity index (χ4n) is 0.423. The fourth-order valence-corrected chi connectivity index (χ4v) is 0.423. The first-order valence-electron chi connectivity index (χ1n) is 3.27. The number of hydrogen-bond donors (Lipinski definition) is 1. The van der Waals surface area contributed by atoms with E-state index in [1.807, 2.05) is 6.92 Å². The molecule has 0 aromatic carbocycles. The number of ether oxygens (including phenoxy) is 1. The van der Waals surface area contributed by atoms with Gasteiger partial charge in [-0.3, -0.25) is 4.99 Å². The van der Waals surface area contributed by atoms with Gasteiger partial charge in [-0.25, -0.2) is 0 Å². The SMILES string of the molecule is C=C(/C=N/C(C)N)OCC. The minimum Gasteiger partial charge on any atom is -0.493 e. The normalized spacial score (nSPS) is 13.5. The maximum Gasteiger partial charge on any atom is 0.129 e. The standard InChI is InChI=1S/C7H14N2O/c1-4-10-6(2)5-9-7(3)8/h5,7H,2,4,8H2,1,3H3/b9-5+. The minimum atomic E-state index is -0.183. The third-order valence-corrected chi connectivity index (χ3v) is 0.783. The summed E-state index contributed by atoms with van der Waals surface area (Å²) in [6, 6.07) is 0. The number of hydrogen-bond acceptors (Lipinski definition) is 3. The lowest BCUT2D eigenvalue weighted by atomic mass is 10.5. The summed E-state index contributed by atoms with van der Waals surface area (Å²) in [4.78, 5) is 3.87. The van der Waals surface area contributed by atoms with E-state index in [9.17, 15) is 0 Å². The second-order valence-electron chi connectivity index (χ2n) is 1.92. The minimum absolute atomic E-state index is 0.183. The molecule has 0 spiro atoms. The van der Waals surface area contributed by atoms with Crippen molar-refractivity contribution < 1.29 is 4.74 Å². The fraction of sp³-hybridized carbons (Fsp3) is 0.571. The molecule has 0 amide bonds. The zero-order valence-corrected chi connectivity index (χ0v) is 6.50. The van der Waals surface area contributed by atoms with Crippen molar-refractivity contribution in [1.82, 2.24) is 0 Å². The predicted octanol–water partition coefficient (Wildman–Crippen LogP) is 0.912. The molecule has 0 aliphatic rings. The van der Waals surface area contributed by atoms with Gasteiger partial charge in [-0.15, -0.1) is 0 Å². The third-order valence-electron chi connectivity index (χ3n) is 0.783. The van der Waals surface area contributed by atoms with E-state index in [0.717, 1.165) is 0 Å². The van der Waals surface area contributed by atoms with Gasteiger partial charge >= 0.3 is 0 Å². The summed E-state index contributed by atoms with van der Waals surface area (Å²) in [7, 11) is 0. The Hall–Kier alpha value is -0.830. The summed E-state index contributed by atoms with van der Waals surface area (Å²) >= 11 is 0. The van der Waals surface area contributed by atoms with Crippen molar-refractivity contribution in [2.45, 2.75) is 20.0 Å². The number of allylic oxidation sites excluding steroid dienone is 1. The summed E-state index contributed by atoms with van der Waals surface area (Å²) < 4.78 is 4.99. The van der Waals surface area contributed by atoms with E-state index >= 15 is 0 Å². The van der Waals surface area contributed by atoms with Crippen LogP contribution >= 0.6 is 0 Å². The van der Waals surface area contributed by atoms with Gasteiger partial charge in [0.1, 0.15) is 5.76 Å². The molecule has 0 aromatic rings. The molecule has 3 heteroatoms. The Morgan fingerprint density at radius 2 is 2.50 bits per heavy atom. The zero-order chi connectivity index (χ0) is 7.98. The van der Waals surface area contributed by atoms with Gasteiger partial charge in [0.05, 0.1) is 19.0 Å². The topological polar surface area (TPSA) is 47.6 Å². The number of aliphatic imine (C=N–C) groups is 1. The van der Waals surface area contributed by atoms with Crippen LogP contribution in [0, 0.1) is 0 Å². The first-order valence-corrected chi connectivity index (χ1v) is 3.27. The van der Waals surface area contributed by atoms with Crippen LogP contribution in [0.2, 0.25) is 0 Å².